The summed E-state index contributed by atoms with van der Waals surface area (Å²) in [6.07, 6.45) is 1.57. The van der Waals surface area contributed by atoms with E-state index in [-0.39, 0.29) is 24.3 Å². The molecule has 2 fully saturated rings. The fraction of sp³-hybridized carbons (Fsp3) is 0.579. The summed E-state index contributed by atoms with van der Waals surface area (Å²) in [6, 6.07) is 7.13. The Kier molecular flexibility index (Phi) is 6.93. The maximum Gasteiger partial charge on any atom is 0.242 e. The van der Waals surface area contributed by atoms with E-state index >= 15 is 0 Å². The van der Waals surface area contributed by atoms with Crippen LogP contribution in [0, 0.1) is 5.92 Å². The second-order valence-electron chi connectivity index (χ2n) is 7.04. The molecule has 2 amide bonds. The number of amides is 2. The summed E-state index contributed by atoms with van der Waals surface area (Å²) in [5.74, 6) is -0.212. The average molecular weight is 395 g/mol. The van der Waals surface area contributed by atoms with Crippen molar-refractivity contribution in [1.29, 1.82) is 0 Å². The molecular formula is C19H27ClN4O3. The van der Waals surface area contributed by atoms with Gasteiger partial charge >= 0.3 is 0 Å². The van der Waals surface area contributed by atoms with Crippen LogP contribution >= 0.6 is 11.6 Å². The van der Waals surface area contributed by atoms with Gasteiger partial charge in [-0.1, -0.05) is 17.7 Å². The van der Waals surface area contributed by atoms with Crippen molar-refractivity contribution in [3.05, 3.63) is 29.3 Å². The summed E-state index contributed by atoms with van der Waals surface area (Å²) in [6.45, 7) is 3.99. The van der Waals surface area contributed by atoms with Crippen LogP contribution in [0.4, 0.5) is 5.69 Å². The van der Waals surface area contributed by atoms with E-state index in [9.17, 15) is 9.59 Å². The number of halogens is 1. The number of nitrogens with one attached hydrogen (secondary N) is 1. The largest absolute Gasteiger partial charge is 0.381 e. The van der Waals surface area contributed by atoms with Crippen molar-refractivity contribution in [2.45, 2.75) is 18.9 Å². The van der Waals surface area contributed by atoms with Gasteiger partial charge in [-0.2, -0.15) is 0 Å². The number of nitrogens with two attached hydrogens (primary N) is 1. The van der Waals surface area contributed by atoms with Crippen LogP contribution < -0.4 is 16.0 Å². The Morgan fingerprint density at radius 2 is 1.93 bits per heavy atom. The van der Waals surface area contributed by atoms with Gasteiger partial charge in [0.25, 0.3) is 0 Å². The maximum absolute atomic E-state index is 12.4. The summed E-state index contributed by atoms with van der Waals surface area (Å²) in [5.41, 5.74) is 7.10. The van der Waals surface area contributed by atoms with Crippen molar-refractivity contribution in [2.24, 2.45) is 11.7 Å². The number of benzene rings is 1. The molecule has 3 N–H and O–H groups in total. The number of anilines is 1. The highest BCUT2D eigenvalue weighted by atomic mass is 35.5. The van der Waals surface area contributed by atoms with E-state index in [1.54, 1.807) is 4.90 Å². The molecule has 0 spiro atoms. The van der Waals surface area contributed by atoms with E-state index in [1.165, 1.54) is 0 Å². The van der Waals surface area contributed by atoms with Crippen molar-refractivity contribution >= 4 is 29.1 Å². The van der Waals surface area contributed by atoms with E-state index in [0.29, 0.717) is 31.3 Å². The molecule has 1 unspecified atom stereocenters. The Hall–Kier alpha value is -1.83. The lowest BCUT2D eigenvalue weighted by Crippen LogP contribution is -2.53. The summed E-state index contributed by atoms with van der Waals surface area (Å²) < 4.78 is 5.29. The van der Waals surface area contributed by atoms with Gasteiger partial charge in [0.15, 0.2) is 0 Å². The lowest BCUT2D eigenvalue weighted by molar-refractivity contribution is -0.133. The second kappa shape index (κ2) is 9.39. The second-order valence-corrected chi connectivity index (χ2v) is 7.48. The third-order valence-corrected chi connectivity index (χ3v) is 5.53. The molecule has 0 radical (unpaired) electrons. The minimum atomic E-state index is -0.582. The molecule has 2 heterocycles. The van der Waals surface area contributed by atoms with Crippen molar-refractivity contribution in [3.63, 3.8) is 0 Å². The molecule has 1 atom stereocenters. The Balaban J connectivity index is 1.42. The summed E-state index contributed by atoms with van der Waals surface area (Å²) in [4.78, 5) is 28.6. The zero-order valence-electron chi connectivity index (χ0n) is 15.4. The maximum atomic E-state index is 12.4. The first-order chi connectivity index (χ1) is 13.0. The number of ether oxygens (including phenoxy) is 1. The zero-order chi connectivity index (χ0) is 19.2. The van der Waals surface area contributed by atoms with Gasteiger partial charge in [-0.3, -0.25) is 9.59 Å². The summed E-state index contributed by atoms with van der Waals surface area (Å²) in [5, 5.41) is 3.40. The molecule has 2 saturated heterocycles. The SMILES string of the molecule is NC(C(=O)NCC(=O)N1CCN(c2cccc(Cl)c2)CC1)C1CCOCC1. The van der Waals surface area contributed by atoms with Crippen LogP contribution in [0.15, 0.2) is 24.3 Å². The molecule has 0 saturated carbocycles. The monoisotopic (exact) mass is 394 g/mol. The standard InChI is InChI=1S/C19H27ClN4O3/c20-15-2-1-3-16(12-15)23-6-8-24(9-7-23)17(25)13-22-19(26)18(21)14-4-10-27-11-5-14/h1-3,12,14,18H,4-11,13,21H2,(H,22,26). The van der Waals surface area contributed by atoms with Gasteiger partial charge in [-0.05, 0) is 37.0 Å². The molecule has 2 aliphatic heterocycles. The van der Waals surface area contributed by atoms with Crippen molar-refractivity contribution in [3.8, 4) is 0 Å². The molecular weight excluding hydrogens is 368 g/mol. The quantitative estimate of drug-likeness (QED) is 0.773. The van der Waals surface area contributed by atoms with E-state index in [0.717, 1.165) is 31.6 Å². The first-order valence-electron chi connectivity index (χ1n) is 9.44. The van der Waals surface area contributed by atoms with Gasteiger partial charge in [0.2, 0.25) is 11.8 Å². The van der Waals surface area contributed by atoms with Crippen LogP contribution in [-0.4, -0.2) is 68.7 Å². The molecule has 1 aromatic carbocycles. The number of carbonyl (C=O) groups is 2. The number of rotatable bonds is 5. The van der Waals surface area contributed by atoms with Gasteiger partial charge in [-0.25, -0.2) is 0 Å². The normalized spacial score (nSPS) is 19.6. The molecule has 148 valence electrons. The molecule has 0 bridgehead atoms. The zero-order valence-corrected chi connectivity index (χ0v) is 16.2. The van der Waals surface area contributed by atoms with Crippen LogP contribution in [-0.2, 0) is 14.3 Å². The van der Waals surface area contributed by atoms with Gasteiger partial charge in [0.05, 0.1) is 12.6 Å². The van der Waals surface area contributed by atoms with Crippen LogP contribution in [0.1, 0.15) is 12.8 Å². The Bertz CT molecular complexity index is 658. The van der Waals surface area contributed by atoms with Gasteiger partial charge < -0.3 is 25.6 Å². The van der Waals surface area contributed by atoms with Crippen LogP contribution in [0.2, 0.25) is 5.02 Å². The van der Waals surface area contributed by atoms with Gasteiger partial charge in [0.1, 0.15) is 0 Å². The minimum Gasteiger partial charge on any atom is -0.381 e. The third-order valence-electron chi connectivity index (χ3n) is 5.30. The summed E-state index contributed by atoms with van der Waals surface area (Å²) >= 11 is 6.05. The van der Waals surface area contributed by atoms with Gasteiger partial charge in [0, 0.05) is 50.1 Å². The first kappa shape index (κ1) is 19.9. The average Bonchev–Trinajstić information content (AvgIpc) is 2.72. The highest BCUT2D eigenvalue weighted by Gasteiger charge is 2.27. The molecule has 2 aliphatic rings. The predicted molar refractivity (Wildman–Crippen MR) is 105 cm³/mol. The third kappa shape index (κ3) is 5.34. The van der Waals surface area contributed by atoms with Crippen molar-refractivity contribution in [2.75, 3.05) is 50.8 Å². The molecule has 0 aromatic heterocycles. The minimum absolute atomic E-state index is 0.00703. The van der Waals surface area contributed by atoms with E-state index in [2.05, 4.69) is 10.2 Å². The van der Waals surface area contributed by atoms with Crippen LogP contribution in [0.25, 0.3) is 0 Å². The molecule has 3 rings (SSSR count). The van der Waals surface area contributed by atoms with Crippen molar-refractivity contribution in [1.82, 2.24) is 10.2 Å². The Morgan fingerprint density at radius 3 is 2.59 bits per heavy atom. The van der Waals surface area contributed by atoms with Crippen LogP contribution in [0.3, 0.4) is 0 Å². The van der Waals surface area contributed by atoms with E-state index in [1.807, 2.05) is 24.3 Å². The topological polar surface area (TPSA) is 87.9 Å². The fourth-order valence-electron chi connectivity index (χ4n) is 3.57. The molecule has 0 aliphatic carbocycles. The molecule has 1 aromatic rings. The number of hydrogen-bond donors (Lipinski definition) is 2. The number of piperazine rings is 1. The highest BCUT2D eigenvalue weighted by Crippen LogP contribution is 2.21. The predicted octanol–water partition coefficient (Wildman–Crippen LogP) is 0.859. The molecule has 27 heavy (non-hydrogen) atoms. The lowest BCUT2D eigenvalue weighted by Gasteiger charge is -2.36. The molecule has 7 nitrogen and oxygen atoms in total. The smallest absolute Gasteiger partial charge is 0.242 e. The lowest BCUT2D eigenvalue weighted by atomic mass is 9.92. The highest BCUT2D eigenvalue weighted by molar-refractivity contribution is 6.30. The van der Waals surface area contributed by atoms with Crippen LogP contribution in [0.5, 0.6) is 0 Å². The van der Waals surface area contributed by atoms with E-state index < -0.39 is 6.04 Å². The number of carbonyl (C=O) groups excluding carboxylic acids is 2. The number of hydrogen-bond acceptors (Lipinski definition) is 5. The Labute approximate surface area is 164 Å². The first-order valence-corrected chi connectivity index (χ1v) is 9.81. The van der Waals surface area contributed by atoms with E-state index in [4.69, 9.17) is 22.1 Å². The van der Waals surface area contributed by atoms with Gasteiger partial charge in [-0.15, -0.1) is 0 Å². The number of nitrogens with zero attached hydrogens (tertiary/aromatic N) is 2. The summed E-state index contributed by atoms with van der Waals surface area (Å²) in [7, 11) is 0. The fourth-order valence-corrected chi connectivity index (χ4v) is 3.75. The van der Waals surface area contributed by atoms with Crippen molar-refractivity contribution < 1.29 is 14.3 Å². The Morgan fingerprint density at radius 1 is 1.22 bits per heavy atom. The molecule has 8 heteroatoms.